The Hall–Kier alpha value is -2.48. The lowest BCUT2D eigenvalue weighted by Gasteiger charge is -2.25. The van der Waals surface area contributed by atoms with Crippen molar-refractivity contribution in [1.29, 1.82) is 0 Å². The second kappa shape index (κ2) is 8.90. The topological polar surface area (TPSA) is 49.4 Å². The molecule has 2 amide bonds. The van der Waals surface area contributed by atoms with Crippen molar-refractivity contribution in [2.45, 2.75) is 37.7 Å². The average Bonchev–Trinajstić information content (AvgIpc) is 3.07. The Labute approximate surface area is 171 Å². The van der Waals surface area contributed by atoms with Crippen molar-refractivity contribution >= 4 is 35.0 Å². The van der Waals surface area contributed by atoms with Crippen LogP contribution in [-0.4, -0.2) is 17.6 Å². The van der Waals surface area contributed by atoms with Crippen LogP contribution >= 0.6 is 11.8 Å². The molecule has 0 radical (unpaired) electrons. The lowest BCUT2D eigenvalue weighted by atomic mass is 10.1. The van der Waals surface area contributed by atoms with Gasteiger partial charge in [-0.25, -0.2) is 0 Å². The number of benzene rings is 2. The number of anilines is 2. The van der Waals surface area contributed by atoms with Crippen LogP contribution in [-0.2, 0) is 15.8 Å². The molecular weight excluding hydrogens is 401 g/mol. The lowest BCUT2D eigenvalue weighted by molar-refractivity contribution is -0.137. The molecular formula is C21H21F3N2O2S. The fourth-order valence-corrected chi connectivity index (χ4v) is 4.26. The van der Waals surface area contributed by atoms with E-state index < -0.39 is 11.7 Å². The van der Waals surface area contributed by atoms with Crippen LogP contribution in [0.5, 0.6) is 0 Å². The quantitative estimate of drug-likeness (QED) is 0.658. The molecule has 0 spiro atoms. The molecule has 2 aromatic rings. The lowest BCUT2D eigenvalue weighted by Crippen LogP contribution is -2.28. The van der Waals surface area contributed by atoms with Crippen LogP contribution in [0.1, 0.15) is 42.7 Å². The molecule has 4 nitrogen and oxygen atoms in total. The first kappa shape index (κ1) is 21.2. The summed E-state index contributed by atoms with van der Waals surface area (Å²) < 4.78 is 38.5. The van der Waals surface area contributed by atoms with Gasteiger partial charge in [0.1, 0.15) is 5.37 Å². The first-order chi connectivity index (χ1) is 13.8. The number of hydrogen-bond donors (Lipinski definition) is 1. The summed E-state index contributed by atoms with van der Waals surface area (Å²) >= 11 is 1.40. The number of rotatable bonds is 6. The molecule has 0 saturated carbocycles. The number of nitrogens with zero attached hydrogens (tertiary/aromatic N) is 1. The minimum Gasteiger partial charge on any atom is -0.326 e. The van der Waals surface area contributed by atoms with E-state index in [1.54, 1.807) is 18.2 Å². The van der Waals surface area contributed by atoms with E-state index in [4.69, 9.17) is 0 Å². The molecule has 29 heavy (non-hydrogen) atoms. The van der Waals surface area contributed by atoms with Gasteiger partial charge in [0.25, 0.3) is 0 Å². The van der Waals surface area contributed by atoms with Gasteiger partial charge in [-0.3, -0.25) is 14.5 Å². The van der Waals surface area contributed by atoms with E-state index in [-0.39, 0.29) is 22.9 Å². The first-order valence-corrected chi connectivity index (χ1v) is 10.3. The summed E-state index contributed by atoms with van der Waals surface area (Å²) in [7, 11) is 0. The second-order valence-corrected chi connectivity index (χ2v) is 7.82. The van der Waals surface area contributed by atoms with Crippen molar-refractivity contribution in [1.82, 2.24) is 0 Å². The van der Waals surface area contributed by atoms with Crippen molar-refractivity contribution in [3.05, 3.63) is 59.7 Å². The Balaban J connectivity index is 1.82. The predicted octanol–water partition coefficient (Wildman–Crippen LogP) is 5.61. The van der Waals surface area contributed by atoms with Crippen molar-refractivity contribution in [2.75, 3.05) is 16.0 Å². The smallest absolute Gasteiger partial charge is 0.326 e. The maximum absolute atomic E-state index is 12.8. The van der Waals surface area contributed by atoms with Gasteiger partial charge in [-0.05, 0) is 48.4 Å². The third-order valence-electron chi connectivity index (χ3n) is 4.55. The molecule has 0 bridgehead atoms. The fraction of sp³-hybridized carbons (Fsp3) is 0.333. The third kappa shape index (κ3) is 5.12. The zero-order chi connectivity index (χ0) is 21.0. The van der Waals surface area contributed by atoms with Gasteiger partial charge in [-0.15, -0.1) is 11.8 Å². The highest BCUT2D eigenvalue weighted by Crippen LogP contribution is 2.43. The number of carbonyl (C=O) groups is 2. The summed E-state index contributed by atoms with van der Waals surface area (Å²) in [6, 6.07) is 11.8. The Bertz CT molecular complexity index is 884. The summed E-state index contributed by atoms with van der Waals surface area (Å²) in [5, 5.41) is 2.49. The molecule has 1 atom stereocenters. The number of halogens is 3. The van der Waals surface area contributed by atoms with Gasteiger partial charge < -0.3 is 5.32 Å². The van der Waals surface area contributed by atoms with E-state index in [2.05, 4.69) is 5.32 Å². The summed E-state index contributed by atoms with van der Waals surface area (Å²) in [6.45, 7) is 2.01. The van der Waals surface area contributed by atoms with Crippen molar-refractivity contribution in [2.24, 2.45) is 0 Å². The van der Waals surface area contributed by atoms with E-state index in [0.29, 0.717) is 17.8 Å². The van der Waals surface area contributed by atoms with Gasteiger partial charge in [0.05, 0.1) is 11.3 Å². The number of unbranched alkanes of at least 4 members (excludes halogenated alkanes) is 1. The number of carbonyl (C=O) groups excluding carboxylic acids is 2. The normalized spacial score (nSPS) is 16.9. The minimum atomic E-state index is -4.42. The minimum absolute atomic E-state index is 0.0706. The van der Waals surface area contributed by atoms with E-state index in [0.717, 1.165) is 30.5 Å². The van der Waals surface area contributed by atoms with Crippen LogP contribution < -0.4 is 10.2 Å². The molecule has 1 N–H and O–H groups in total. The van der Waals surface area contributed by atoms with Gasteiger partial charge in [-0.2, -0.15) is 13.2 Å². The molecule has 0 unspecified atom stereocenters. The molecule has 0 aromatic heterocycles. The van der Waals surface area contributed by atoms with Crippen LogP contribution in [0.4, 0.5) is 24.5 Å². The monoisotopic (exact) mass is 422 g/mol. The van der Waals surface area contributed by atoms with Crippen LogP contribution in [0.3, 0.4) is 0 Å². The van der Waals surface area contributed by atoms with Crippen LogP contribution in [0.25, 0.3) is 0 Å². The number of alkyl halides is 3. The highest BCUT2D eigenvalue weighted by molar-refractivity contribution is 8.00. The third-order valence-corrected chi connectivity index (χ3v) is 5.77. The van der Waals surface area contributed by atoms with Gasteiger partial charge in [0, 0.05) is 17.8 Å². The summed E-state index contributed by atoms with van der Waals surface area (Å²) in [5.74, 6) is -0.00502. The zero-order valence-electron chi connectivity index (χ0n) is 15.8. The average molecular weight is 422 g/mol. The molecule has 154 valence electrons. The molecule has 1 aliphatic heterocycles. The summed E-state index contributed by atoms with van der Waals surface area (Å²) in [4.78, 5) is 25.9. The number of thioether (sulfide) groups is 1. The van der Waals surface area contributed by atoms with Gasteiger partial charge in [-0.1, -0.05) is 25.5 Å². The maximum Gasteiger partial charge on any atom is 0.416 e. The fourth-order valence-electron chi connectivity index (χ4n) is 3.09. The molecule has 1 heterocycles. The standard InChI is InChI=1S/C21H21F3N2O2S/c1-2-3-7-18(27)25-16-6-4-5-14(12-16)20-26(19(28)13-29-20)17-10-8-15(9-11-17)21(22,23)24/h4-6,8-12,20H,2-3,7,13H2,1H3,(H,25,27)/t20-/m0/s1. The van der Waals surface area contributed by atoms with E-state index in [1.165, 1.54) is 28.8 Å². The summed E-state index contributed by atoms with van der Waals surface area (Å²) in [6.07, 6.45) is -2.25. The van der Waals surface area contributed by atoms with Crippen LogP contribution in [0.15, 0.2) is 48.5 Å². The van der Waals surface area contributed by atoms with E-state index in [1.807, 2.05) is 13.0 Å². The highest BCUT2D eigenvalue weighted by Gasteiger charge is 2.35. The van der Waals surface area contributed by atoms with Crippen molar-refractivity contribution < 1.29 is 22.8 Å². The summed E-state index contributed by atoms with van der Waals surface area (Å²) in [5.41, 5.74) is 1.09. The zero-order valence-corrected chi connectivity index (χ0v) is 16.6. The number of hydrogen-bond acceptors (Lipinski definition) is 3. The molecule has 2 aromatic carbocycles. The van der Waals surface area contributed by atoms with E-state index in [9.17, 15) is 22.8 Å². The van der Waals surface area contributed by atoms with Gasteiger partial charge in [0.2, 0.25) is 11.8 Å². The van der Waals surface area contributed by atoms with Crippen molar-refractivity contribution in [3.63, 3.8) is 0 Å². The molecule has 1 fully saturated rings. The van der Waals surface area contributed by atoms with Crippen LogP contribution in [0, 0.1) is 0 Å². The Morgan fingerprint density at radius 1 is 1.21 bits per heavy atom. The van der Waals surface area contributed by atoms with E-state index >= 15 is 0 Å². The number of amides is 2. The molecule has 1 aliphatic rings. The van der Waals surface area contributed by atoms with Gasteiger partial charge in [0.15, 0.2) is 0 Å². The Kier molecular flexibility index (Phi) is 6.52. The SMILES string of the molecule is CCCCC(=O)Nc1cccc([C@@H]2SCC(=O)N2c2ccc(C(F)(F)F)cc2)c1. The molecule has 8 heteroatoms. The van der Waals surface area contributed by atoms with Crippen LogP contribution in [0.2, 0.25) is 0 Å². The highest BCUT2D eigenvalue weighted by atomic mass is 32.2. The second-order valence-electron chi connectivity index (χ2n) is 6.75. The Morgan fingerprint density at radius 2 is 1.93 bits per heavy atom. The molecule has 0 aliphatic carbocycles. The molecule has 1 saturated heterocycles. The van der Waals surface area contributed by atoms with Gasteiger partial charge >= 0.3 is 6.18 Å². The molecule has 3 rings (SSSR count). The number of nitrogens with one attached hydrogen (secondary N) is 1. The Morgan fingerprint density at radius 3 is 2.59 bits per heavy atom. The maximum atomic E-state index is 12.8. The largest absolute Gasteiger partial charge is 0.416 e. The first-order valence-electron chi connectivity index (χ1n) is 9.30. The predicted molar refractivity (Wildman–Crippen MR) is 109 cm³/mol. The van der Waals surface area contributed by atoms with Crippen molar-refractivity contribution in [3.8, 4) is 0 Å².